The largest absolute Gasteiger partial charge is 0.383 e. The number of hydrogen-bond acceptors (Lipinski definition) is 4. The highest BCUT2D eigenvalue weighted by Gasteiger charge is 2.27. The van der Waals surface area contributed by atoms with Crippen molar-refractivity contribution < 1.29 is 9.47 Å². The number of ether oxygens (including phenoxy) is 2. The maximum absolute atomic E-state index is 5.75. The van der Waals surface area contributed by atoms with Gasteiger partial charge in [0.25, 0.3) is 0 Å². The Morgan fingerprint density at radius 2 is 2.00 bits per heavy atom. The van der Waals surface area contributed by atoms with Crippen LogP contribution in [0.5, 0.6) is 0 Å². The fraction of sp³-hybridized carbons (Fsp3) is 1.00. The topological polar surface area (TPSA) is 33.7 Å². The van der Waals surface area contributed by atoms with Gasteiger partial charge >= 0.3 is 0 Å². The van der Waals surface area contributed by atoms with Gasteiger partial charge in [-0.3, -0.25) is 4.90 Å². The minimum absolute atomic E-state index is 0.324. The highest BCUT2D eigenvalue weighted by atomic mass is 16.5. The van der Waals surface area contributed by atoms with Crippen LogP contribution in [-0.4, -0.2) is 63.0 Å². The monoisotopic (exact) mass is 230 g/mol. The molecule has 4 heteroatoms. The van der Waals surface area contributed by atoms with E-state index >= 15 is 0 Å². The molecule has 1 aliphatic heterocycles. The van der Waals surface area contributed by atoms with Crippen molar-refractivity contribution in [3.8, 4) is 0 Å². The Kier molecular flexibility index (Phi) is 6.28. The Labute approximate surface area is 99.3 Å². The van der Waals surface area contributed by atoms with Crippen LogP contribution >= 0.6 is 0 Å². The molecular weight excluding hydrogens is 204 g/mol. The molecule has 0 radical (unpaired) electrons. The molecule has 0 spiro atoms. The first kappa shape index (κ1) is 13.9. The molecule has 1 unspecified atom stereocenters. The summed E-state index contributed by atoms with van der Waals surface area (Å²) in [6, 6.07) is 0.457. The Hall–Kier alpha value is -0.160. The molecule has 1 aliphatic rings. The number of nitrogens with zero attached hydrogens (tertiary/aromatic N) is 1. The normalized spacial score (nSPS) is 29.2. The average Bonchev–Trinajstić information content (AvgIpc) is 2.22. The van der Waals surface area contributed by atoms with Gasteiger partial charge in [-0.2, -0.15) is 0 Å². The van der Waals surface area contributed by atoms with Gasteiger partial charge in [-0.1, -0.05) is 6.92 Å². The van der Waals surface area contributed by atoms with Gasteiger partial charge < -0.3 is 14.8 Å². The number of morpholine rings is 1. The smallest absolute Gasteiger partial charge is 0.0678 e. The third-order valence-corrected chi connectivity index (χ3v) is 2.95. The van der Waals surface area contributed by atoms with Crippen molar-refractivity contribution >= 4 is 0 Å². The van der Waals surface area contributed by atoms with E-state index in [9.17, 15) is 0 Å². The zero-order chi connectivity index (χ0) is 12.0. The van der Waals surface area contributed by atoms with Crippen molar-refractivity contribution in [1.29, 1.82) is 0 Å². The van der Waals surface area contributed by atoms with Crippen LogP contribution in [0.2, 0.25) is 0 Å². The number of hydrogen-bond donors (Lipinski definition) is 1. The number of nitrogens with one attached hydrogen (secondary N) is 1. The molecule has 1 rings (SSSR count). The molecule has 0 aromatic heterocycles. The number of methoxy groups -OCH3 is 1. The molecule has 0 amide bonds. The average molecular weight is 230 g/mol. The molecule has 0 aliphatic carbocycles. The lowest BCUT2D eigenvalue weighted by molar-refractivity contribution is -0.0869. The SMILES string of the molecule is CCNCC(COC)N1C[C@@H](C)O[C@@H](C)C1. The van der Waals surface area contributed by atoms with Crippen LogP contribution in [0.15, 0.2) is 0 Å². The maximum Gasteiger partial charge on any atom is 0.0678 e. The molecule has 4 nitrogen and oxygen atoms in total. The van der Waals surface area contributed by atoms with Gasteiger partial charge in [-0.15, -0.1) is 0 Å². The maximum atomic E-state index is 5.75. The van der Waals surface area contributed by atoms with Crippen molar-refractivity contribution in [1.82, 2.24) is 10.2 Å². The van der Waals surface area contributed by atoms with Crippen LogP contribution in [0.1, 0.15) is 20.8 Å². The summed E-state index contributed by atoms with van der Waals surface area (Å²) in [6.07, 6.45) is 0.648. The molecule has 16 heavy (non-hydrogen) atoms. The second-order valence-electron chi connectivity index (χ2n) is 4.63. The molecule has 96 valence electrons. The molecule has 0 bridgehead atoms. The van der Waals surface area contributed by atoms with E-state index in [0.29, 0.717) is 18.2 Å². The van der Waals surface area contributed by atoms with Crippen molar-refractivity contribution in [2.45, 2.75) is 39.0 Å². The number of rotatable bonds is 6. The summed E-state index contributed by atoms with van der Waals surface area (Å²) < 4.78 is 11.0. The molecule has 1 fully saturated rings. The fourth-order valence-corrected chi connectivity index (χ4v) is 2.31. The molecule has 1 heterocycles. The lowest BCUT2D eigenvalue weighted by Crippen LogP contribution is -2.54. The van der Waals surface area contributed by atoms with E-state index in [2.05, 4.69) is 31.0 Å². The molecule has 0 saturated carbocycles. The van der Waals surface area contributed by atoms with Crippen LogP contribution in [0, 0.1) is 0 Å². The molecular formula is C12H26N2O2. The third-order valence-electron chi connectivity index (χ3n) is 2.95. The number of likely N-dealkylation sites (N-methyl/N-ethyl adjacent to an activating group) is 1. The van der Waals surface area contributed by atoms with Gasteiger partial charge in [0.2, 0.25) is 0 Å². The molecule has 1 N–H and O–H groups in total. The molecule has 1 saturated heterocycles. The van der Waals surface area contributed by atoms with Crippen molar-refractivity contribution in [2.75, 3.05) is 39.9 Å². The summed E-state index contributed by atoms with van der Waals surface area (Å²) in [6.45, 7) is 11.2. The summed E-state index contributed by atoms with van der Waals surface area (Å²) in [7, 11) is 1.77. The van der Waals surface area contributed by atoms with E-state index in [1.165, 1.54) is 0 Å². The van der Waals surface area contributed by atoms with Crippen LogP contribution in [0.3, 0.4) is 0 Å². The first-order chi connectivity index (χ1) is 7.67. The third kappa shape index (κ3) is 4.37. The first-order valence-corrected chi connectivity index (χ1v) is 6.26. The highest BCUT2D eigenvalue weighted by Crippen LogP contribution is 2.13. The minimum Gasteiger partial charge on any atom is -0.383 e. The van der Waals surface area contributed by atoms with E-state index < -0.39 is 0 Å². The summed E-state index contributed by atoms with van der Waals surface area (Å²) in [5.41, 5.74) is 0. The first-order valence-electron chi connectivity index (χ1n) is 6.26. The zero-order valence-electron chi connectivity index (χ0n) is 11.0. The van der Waals surface area contributed by atoms with E-state index in [0.717, 1.165) is 32.8 Å². The van der Waals surface area contributed by atoms with Gasteiger partial charge in [0.05, 0.1) is 18.8 Å². The summed E-state index contributed by atoms with van der Waals surface area (Å²) in [5.74, 6) is 0. The summed E-state index contributed by atoms with van der Waals surface area (Å²) in [5, 5.41) is 3.40. The summed E-state index contributed by atoms with van der Waals surface area (Å²) >= 11 is 0. The Morgan fingerprint density at radius 1 is 1.38 bits per heavy atom. The van der Waals surface area contributed by atoms with E-state index in [-0.39, 0.29) is 0 Å². The molecule has 3 atom stereocenters. The predicted molar refractivity (Wildman–Crippen MR) is 65.8 cm³/mol. The predicted octanol–water partition coefficient (Wildman–Crippen LogP) is 0.720. The minimum atomic E-state index is 0.324. The van der Waals surface area contributed by atoms with Gasteiger partial charge in [0.1, 0.15) is 0 Å². The standard InChI is InChI=1S/C12H26N2O2/c1-5-13-6-12(9-15-4)14-7-10(2)16-11(3)8-14/h10-13H,5-9H2,1-4H3/t10-,11+,12?. The van der Waals surface area contributed by atoms with E-state index in [1.54, 1.807) is 7.11 Å². The van der Waals surface area contributed by atoms with Gasteiger partial charge in [0, 0.05) is 32.8 Å². The van der Waals surface area contributed by atoms with Crippen LogP contribution in [0.25, 0.3) is 0 Å². The lowest BCUT2D eigenvalue weighted by Gasteiger charge is -2.40. The van der Waals surface area contributed by atoms with Gasteiger partial charge in [-0.05, 0) is 20.4 Å². The van der Waals surface area contributed by atoms with E-state index in [4.69, 9.17) is 9.47 Å². The fourth-order valence-electron chi connectivity index (χ4n) is 2.31. The van der Waals surface area contributed by atoms with Crippen LogP contribution < -0.4 is 5.32 Å². The Balaban J connectivity index is 2.47. The molecule has 0 aromatic rings. The Morgan fingerprint density at radius 3 is 2.50 bits per heavy atom. The van der Waals surface area contributed by atoms with Crippen LogP contribution in [-0.2, 0) is 9.47 Å². The highest BCUT2D eigenvalue weighted by molar-refractivity contribution is 4.81. The lowest BCUT2D eigenvalue weighted by atomic mass is 10.1. The van der Waals surface area contributed by atoms with Crippen molar-refractivity contribution in [2.24, 2.45) is 0 Å². The van der Waals surface area contributed by atoms with Crippen LogP contribution in [0.4, 0.5) is 0 Å². The van der Waals surface area contributed by atoms with Crippen molar-refractivity contribution in [3.05, 3.63) is 0 Å². The van der Waals surface area contributed by atoms with Gasteiger partial charge in [0.15, 0.2) is 0 Å². The van der Waals surface area contributed by atoms with Crippen molar-refractivity contribution in [3.63, 3.8) is 0 Å². The Bertz CT molecular complexity index is 180. The summed E-state index contributed by atoms with van der Waals surface area (Å²) in [4.78, 5) is 2.48. The van der Waals surface area contributed by atoms with Gasteiger partial charge in [-0.25, -0.2) is 0 Å². The zero-order valence-corrected chi connectivity index (χ0v) is 11.0. The second kappa shape index (κ2) is 7.22. The second-order valence-corrected chi connectivity index (χ2v) is 4.63. The quantitative estimate of drug-likeness (QED) is 0.729. The molecule has 0 aromatic carbocycles. The van der Waals surface area contributed by atoms with E-state index in [1.807, 2.05) is 0 Å².